The zero-order chi connectivity index (χ0) is 26.5. The lowest BCUT2D eigenvalue weighted by Crippen LogP contribution is -2.44. The monoisotopic (exact) mass is 523 g/mol. The van der Waals surface area contributed by atoms with E-state index in [-0.39, 0.29) is 62.8 Å². The molecule has 0 radical (unpaired) electrons. The van der Waals surface area contributed by atoms with E-state index >= 15 is 8.78 Å². The summed E-state index contributed by atoms with van der Waals surface area (Å²) in [7, 11) is 0. The van der Waals surface area contributed by atoms with Crippen molar-refractivity contribution in [1.82, 2.24) is 15.4 Å². The van der Waals surface area contributed by atoms with Crippen LogP contribution in [0.2, 0.25) is 0 Å². The Hall–Kier alpha value is -3.74. The number of aromatic nitrogens is 1. The standard InChI is InChI=1S/C24H25F4N5O4/c25-18-12-16(32-14-17(37-24(32)36)1-2-20(34)23(27)28)13-19(26)22(18)31-8-7-30-33(10-9-31)21(35)11-15-3-5-29-6-4-15/h3-6,12-13,17,23,30H,1-2,7-11,14H2/t17-/m0/s1. The van der Waals surface area contributed by atoms with Crippen LogP contribution in [0.4, 0.5) is 33.7 Å². The Bertz CT molecular complexity index is 1130. The van der Waals surface area contributed by atoms with E-state index in [4.69, 9.17) is 4.74 Å². The van der Waals surface area contributed by atoms with Gasteiger partial charge in [-0.25, -0.2) is 27.8 Å². The average molecular weight is 523 g/mol. The Kier molecular flexibility index (Phi) is 8.21. The number of ether oxygens (including phenoxy) is 1. The zero-order valence-electron chi connectivity index (χ0n) is 19.7. The molecule has 2 aliphatic rings. The van der Waals surface area contributed by atoms with Crippen molar-refractivity contribution in [2.24, 2.45) is 0 Å². The van der Waals surface area contributed by atoms with Crippen molar-refractivity contribution in [3.63, 3.8) is 0 Å². The van der Waals surface area contributed by atoms with Crippen LogP contribution in [-0.4, -0.2) is 73.0 Å². The first-order valence-corrected chi connectivity index (χ1v) is 11.7. The quantitative estimate of drug-likeness (QED) is 0.532. The molecule has 1 N–H and O–H groups in total. The molecule has 0 saturated carbocycles. The number of halogens is 4. The maximum absolute atomic E-state index is 15.1. The van der Waals surface area contributed by atoms with Crippen molar-refractivity contribution in [1.29, 1.82) is 0 Å². The minimum absolute atomic E-state index is 0.0893. The molecule has 4 rings (SSSR count). The molecule has 0 bridgehead atoms. The Morgan fingerprint density at radius 2 is 1.81 bits per heavy atom. The molecule has 13 heteroatoms. The number of ketones is 1. The predicted molar refractivity (Wildman–Crippen MR) is 124 cm³/mol. The number of Topliss-reactive ketones (excluding diaryl/α,β-unsaturated/α-hetero) is 1. The summed E-state index contributed by atoms with van der Waals surface area (Å²) in [6.45, 7) is 0.699. The van der Waals surface area contributed by atoms with E-state index in [0.29, 0.717) is 0 Å². The van der Waals surface area contributed by atoms with Gasteiger partial charge in [-0.1, -0.05) is 0 Å². The highest BCUT2D eigenvalue weighted by Crippen LogP contribution is 2.32. The molecule has 2 aromatic rings. The summed E-state index contributed by atoms with van der Waals surface area (Å²) in [4.78, 5) is 42.4. The smallest absolute Gasteiger partial charge is 0.414 e. The van der Waals surface area contributed by atoms with Crippen LogP contribution in [0.5, 0.6) is 0 Å². The molecule has 1 aromatic heterocycles. The number of alkyl halides is 2. The fourth-order valence-electron chi connectivity index (χ4n) is 4.24. The number of pyridine rings is 1. The van der Waals surface area contributed by atoms with Gasteiger partial charge in [-0.3, -0.25) is 24.5 Å². The summed E-state index contributed by atoms with van der Waals surface area (Å²) < 4.78 is 60.0. The Labute approximate surface area is 210 Å². The minimum Gasteiger partial charge on any atom is -0.444 e. The van der Waals surface area contributed by atoms with Crippen molar-refractivity contribution in [2.45, 2.75) is 31.8 Å². The van der Waals surface area contributed by atoms with E-state index in [1.807, 2.05) is 0 Å². The maximum atomic E-state index is 15.1. The molecule has 0 spiro atoms. The van der Waals surface area contributed by atoms with Crippen molar-refractivity contribution < 1.29 is 36.7 Å². The summed E-state index contributed by atoms with van der Waals surface area (Å²) in [6.07, 6.45) is -2.11. The maximum Gasteiger partial charge on any atom is 0.414 e. The Morgan fingerprint density at radius 1 is 1.11 bits per heavy atom. The lowest BCUT2D eigenvalue weighted by Gasteiger charge is -2.25. The third-order valence-electron chi connectivity index (χ3n) is 6.14. The number of hydrogen-bond donors (Lipinski definition) is 1. The van der Waals surface area contributed by atoms with Crippen LogP contribution in [0.3, 0.4) is 0 Å². The Morgan fingerprint density at radius 3 is 2.49 bits per heavy atom. The molecule has 2 amide bonds. The summed E-state index contributed by atoms with van der Waals surface area (Å²) in [5.41, 5.74) is 3.39. The number of benzene rings is 1. The molecule has 2 aliphatic heterocycles. The van der Waals surface area contributed by atoms with Crippen LogP contribution in [0.1, 0.15) is 18.4 Å². The summed E-state index contributed by atoms with van der Waals surface area (Å²) in [5.74, 6) is -3.27. The number of anilines is 2. The van der Waals surface area contributed by atoms with Crippen LogP contribution < -0.4 is 15.2 Å². The lowest BCUT2D eigenvalue weighted by molar-refractivity contribution is -0.133. The van der Waals surface area contributed by atoms with Crippen LogP contribution in [-0.2, 0) is 20.7 Å². The van der Waals surface area contributed by atoms with Crippen LogP contribution in [0.15, 0.2) is 36.7 Å². The average Bonchev–Trinajstić information content (AvgIpc) is 3.07. The lowest BCUT2D eigenvalue weighted by atomic mass is 10.1. The number of carbonyl (C=O) groups is 3. The van der Waals surface area contributed by atoms with E-state index in [2.05, 4.69) is 10.4 Å². The van der Waals surface area contributed by atoms with Crippen molar-refractivity contribution >= 4 is 29.2 Å². The topological polar surface area (TPSA) is 95.1 Å². The number of hydrogen-bond acceptors (Lipinski definition) is 7. The molecule has 2 saturated heterocycles. The number of hydrazine groups is 1. The van der Waals surface area contributed by atoms with E-state index in [1.54, 1.807) is 24.5 Å². The second kappa shape index (κ2) is 11.5. The van der Waals surface area contributed by atoms with Gasteiger partial charge < -0.3 is 9.64 Å². The number of nitrogens with one attached hydrogen (secondary N) is 1. The molecular weight excluding hydrogens is 498 g/mol. The van der Waals surface area contributed by atoms with Crippen LogP contribution in [0, 0.1) is 11.6 Å². The van der Waals surface area contributed by atoms with Gasteiger partial charge in [0.15, 0.2) is 17.4 Å². The van der Waals surface area contributed by atoms with E-state index in [0.717, 1.165) is 22.6 Å². The van der Waals surface area contributed by atoms with Gasteiger partial charge in [-0.05, 0) is 24.1 Å². The first kappa shape index (κ1) is 26.3. The van der Waals surface area contributed by atoms with Gasteiger partial charge in [0.2, 0.25) is 5.91 Å². The van der Waals surface area contributed by atoms with Gasteiger partial charge >= 0.3 is 6.09 Å². The van der Waals surface area contributed by atoms with Crippen molar-refractivity contribution in [3.8, 4) is 0 Å². The highest BCUT2D eigenvalue weighted by Gasteiger charge is 2.34. The summed E-state index contributed by atoms with van der Waals surface area (Å²) >= 11 is 0. The highest BCUT2D eigenvalue weighted by atomic mass is 19.3. The fourth-order valence-corrected chi connectivity index (χ4v) is 4.24. The molecule has 0 unspecified atom stereocenters. The zero-order valence-corrected chi connectivity index (χ0v) is 19.7. The molecule has 1 aromatic carbocycles. The van der Waals surface area contributed by atoms with Gasteiger partial charge in [0.25, 0.3) is 6.43 Å². The molecule has 2 fully saturated rings. The van der Waals surface area contributed by atoms with Gasteiger partial charge in [-0.15, -0.1) is 0 Å². The number of amides is 2. The van der Waals surface area contributed by atoms with Crippen LogP contribution in [0.25, 0.3) is 0 Å². The number of cyclic esters (lactones) is 1. The summed E-state index contributed by atoms with van der Waals surface area (Å²) in [6, 6.07) is 5.46. The van der Waals surface area contributed by atoms with Gasteiger partial charge in [-0.2, -0.15) is 0 Å². The second-order valence-corrected chi connectivity index (χ2v) is 8.65. The molecule has 198 valence electrons. The van der Waals surface area contributed by atoms with E-state index in [1.165, 1.54) is 9.91 Å². The second-order valence-electron chi connectivity index (χ2n) is 8.65. The van der Waals surface area contributed by atoms with Crippen LogP contribution >= 0.6 is 0 Å². The first-order chi connectivity index (χ1) is 17.7. The van der Waals surface area contributed by atoms with Gasteiger partial charge in [0.1, 0.15) is 11.8 Å². The highest BCUT2D eigenvalue weighted by molar-refractivity contribution is 5.90. The normalized spacial score (nSPS) is 18.2. The predicted octanol–water partition coefficient (Wildman–Crippen LogP) is 2.70. The van der Waals surface area contributed by atoms with Gasteiger partial charge in [0, 0.05) is 50.6 Å². The number of carbonyl (C=O) groups excluding carboxylic acids is 3. The van der Waals surface area contributed by atoms with E-state index in [9.17, 15) is 23.2 Å². The Balaban J connectivity index is 1.39. The molecule has 3 heterocycles. The SMILES string of the molecule is O=C(CC[C@H]1CN(c2cc(F)c(N3CCNN(C(=O)Cc4ccncc4)CC3)c(F)c2)C(=O)O1)C(F)F. The largest absolute Gasteiger partial charge is 0.444 e. The molecular formula is C24H25F4N5O4. The minimum atomic E-state index is -3.11. The fraction of sp³-hybridized carbons (Fsp3) is 0.417. The van der Waals surface area contributed by atoms with Crippen molar-refractivity contribution in [2.75, 3.05) is 42.5 Å². The van der Waals surface area contributed by atoms with Crippen molar-refractivity contribution in [3.05, 3.63) is 53.9 Å². The van der Waals surface area contributed by atoms with Gasteiger partial charge in [0.05, 0.1) is 25.2 Å². The van der Waals surface area contributed by atoms with E-state index < -0.39 is 42.5 Å². The first-order valence-electron chi connectivity index (χ1n) is 11.7. The molecule has 0 aliphatic carbocycles. The molecule has 9 nitrogen and oxygen atoms in total. The molecule has 1 atom stereocenters. The number of nitrogens with zero attached hydrogens (tertiary/aromatic N) is 4. The molecule has 37 heavy (non-hydrogen) atoms. The third-order valence-corrected chi connectivity index (χ3v) is 6.14. The summed E-state index contributed by atoms with van der Waals surface area (Å²) in [5, 5.41) is 1.42. The number of rotatable bonds is 8. The third kappa shape index (κ3) is 6.34.